The monoisotopic (exact) mass is 288 g/mol. The molecule has 108 valence electrons. The van der Waals surface area contributed by atoms with E-state index in [1.54, 1.807) is 6.92 Å². The number of rotatable bonds is 3. The summed E-state index contributed by atoms with van der Waals surface area (Å²) in [6, 6.07) is 8.09. The number of phenolic OH excluding ortho intramolecular Hbond substituents is 2. The maximum Gasteiger partial charge on any atom is 0.296 e. The lowest BCUT2D eigenvalue weighted by Crippen LogP contribution is -2.14. The van der Waals surface area contributed by atoms with Crippen LogP contribution < -0.4 is 5.32 Å². The van der Waals surface area contributed by atoms with Crippen molar-refractivity contribution >= 4 is 17.3 Å². The molecule has 3 N–H and O–H groups in total. The number of para-hydroxylation sites is 1. The summed E-state index contributed by atoms with van der Waals surface area (Å²) in [4.78, 5) is 22.4. The molecular weight excluding hydrogens is 276 g/mol. The first-order valence-electron chi connectivity index (χ1n) is 5.98. The number of carbonyl (C=O) groups is 1. The number of phenols is 2. The van der Waals surface area contributed by atoms with Gasteiger partial charge in [0.15, 0.2) is 5.69 Å². The van der Waals surface area contributed by atoms with E-state index in [9.17, 15) is 25.1 Å². The highest BCUT2D eigenvalue weighted by Gasteiger charge is 2.21. The molecule has 2 rings (SSSR count). The predicted molar refractivity (Wildman–Crippen MR) is 75.6 cm³/mol. The predicted octanol–water partition coefficient (Wildman–Crippen LogP) is 2.57. The van der Waals surface area contributed by atoms with Gasteiger partial charge in [0.25, 0.3) is 11.6 Å². The SMILES string of the molecule is Cc1c(O)cccc1C(=O)Nc1c(O)cccc1[N+](=O)[O-]. The highest BCUT2D eigenvalue weighted by Crippen LogP contribution is 2.33. The van der Waals surface area contributed by atoms with Crippen molar-refractivity contribution in [3.63, 3.8) is 0 Å². The summed E-state index contributed by atoms with van der Waals surface area (Å²) >= 11 is 0. The van der Waals surface area contributed by atoms with Gasteiger partial charge in [0.05, 0.1) is 4.92 Å². The molecular formula is C14H12N2O5. The van der Waals surface area contributed by atoms with Crippen molar-refractivity contribution in [2.75, 3.05) is 5.32 Å². The summed E-state index contributed by atoms with van der Waals surface area (Å²) in [6.07, 6.45) is 0. The van der Waals surface area contributed by atoms with Crippen molar-refractivity contribution in [1.29, 1.82) is 0 Å². The van der Waals surface area contributed by atoms with E-state index in [4.69, 9.17) is 0 Å². The Kier molecular flexibility index (Phi) is 3.75. The Labute approximate surface area is 119 Å². The third-order valence-corrected chi connectivity index (χ3v) is 3.01. The van der Waals surface area contributed by atoms with Crippen LogP contribution in [0.3, 0.4) is 0 Å². The topological polar surface area (TPSA) is 113 Å². The van der Waals surface area contributed by atoms with Crippen LogP contribution in [0.4, 0.5) is 11.4 Å². The van der Waals surface area contributed by atoms with Crippen LogP contribution in [0.25, 0.3) is 0 Å². The van der Waals surface area contributed by atoms with Crippen LogP contribution in [0.5, 0.6) is 11.5 Å². The number of hydrogen-bond donors (Lipinski definition) is 3. The quantitative estimate of drug-likeness (QED) is 0.456. The van der Waals surface area contributed by atoms with E-state index in [-0.39, 0.29) is 17.0 Å². The van der Waals surface area contributed by atoms with Gasteiger partial charge in [-0.25, -0.2) is 0 Å². The first kappa shape index (κ1) is 14.3. The number of nitrogens with one attached hydrogen (secondary N) is 1. The molecule has 7 nitrogen and oxygen atoms in total. The van der Waals surface area contributed by atoms with Crippen molar-refractivity contribution in [3.05, 3.63) is 57.6 Å². The van der Waals surface area contributed by atoms with E-state index in [1.165, 1.54) is 36.4 Å². The smallest absolute Gasteiger partial charge is 0.296 e. The molecule has 0 spiro atoms. The summed E-state index contributed by atoms with van der Waals surface area (Å²) < 4.78 is 0. The van der Waals surface area contributed by atoms with Gasteiger partial charge < -0.3 is 15.5 Å². The van der Waals surface area contributed by atoms with Crippen molar-refractivity contribution in [3.8, 4) is 11.5 Å². The molecule has 0 aliphatic carbocycles. The lowest BCUT2D eigenvalue weighted by Gasteiger charge is -2.10. The molecule has 2 aromatic carbocycles. The second-order valence-electron chi connectivity index (χ2n) is 4.33. The average Bonchev–Trinajstić information content (AvgIpc) is 2.43. The van der Waals surface area contributed by atoms with E-state index < -0.39 is 22.3 Å². The fourth-order valence-electron chi connectivity index (χ4n) is 1.86. The minimum atomic E-state index is -0.704. The van der Waals surface area contributed by atoms with Gasteiger partial charge in [-0.1, -0.05) is 12.1 Å². The minimum Gasteiger partial charge on any atom is -0.508 e. The van der Waals surface area contributed by atoms with Crippen LogP contribution in [0.1, 0.15) is 15.9 Å². The summed E-state index contributed by atoms with van der Waals surface area (Å²) in [5.74, 6) is -1.13. The molecule has 0 unspecified atom stereocenters. The first-order valence-corrected chi connectivity index (χ1v) is 5.98. The highest BCUT2D eigenvalue weighted by molar-refractivity contribution is 6.07. The third-order valence-electron chi connectivity index (χ3n) is 3.01. The average molecular weight is 288 g/mol. The van der Waals surface area contributed by atoms with E-state index in [1.807, 2.05) is 0 Å². The Hall–Kier alpha value is -3.09. The van der Waals surface area contributed by atoms with E-state index >= 15 is 0 Å². The maximum absolute atomic E-state index is 12.2. The summed E-state index contributed by atoms with van der Waals surface area (Å²) in [6.45, 7) is 1.55. The van der Waals surface area contributed by atoms with Gasteiger partial charge >= 0.3 is 0 Å². The lowest BCUT2D eigenvalue weighted by atomic mass is 10.1. The Morgan fingerprint density at radius 1 is 1.14 bits per heavy atom. The summed E-state index contributed by atoms with van der Waals surface area (Å²) in [7, 11) is 0. The third kappa shape index (κ3) is 2.76. The normalized spacial score (nSPS) is 10.1. The molecule has 1 amide bonds. The molecule has 0 saturated carbocycles. The molecule has 7 heteroatoms. The molecule has 0 atom stereocenters. The van der Waals surface area contributed by atoms with Gasteiger partial charge in [0.2, 0.25) is 0 Å². The second-order valence-corrected chi connectivity index (χ2v) is 4.33. The van der Waals surface area contributed by atoms with Crippen molar-refractivity contribution in [2.24, 2.45) is 0 Å². The van der Waals surface area contributed by atoms with Crippen molar-refractivity contribution in [1.82, 2.24) is 0 Å². The number of carbonyl (C=O) groups excluding carboxylic acids is 1. The standard InChI is InChI=1S/C14H12N2O5/c1-8-9(4-2-6-11(8)17)14(19)15-13-10(16(20)21)5-3-7-12(13)18/h2-7,17-18H,1H3,(H,15,19). The molecule has 0 heterocycles. The Morgan fingerprint density at radius 3 is 2.43 bits per heavy atom. The Balaban J connectivity index is 2.41. The van der Waals surface area contributed by atoms with Crippen LogP contribution in [0, 0.1) is 17.0 Å². The lowest BCUT2D eigenvalue weighted by molar-refractivity contribution is -0.384. The number of nitro benzene ring substituents is 1. The molecule has 0 fully saturated rings. The molecule has 2 aromatic rings. The Morgan fingerprint density at radius 2 is 1.76 bits per heavy atom. The number of aromatic hydroxyl groups is 2. The first-order chi connectivity index (χ1) is 9.91. The number of amides is 1. The summed E-state index contributed by atoms with van der Waals surface area (Å²) in [5, 5.41) is 32.5. The van der Waals surface area contributed by atoms with Crippen LogP contribution in [-0.4, -0.2) is 21.0 Å². The minimum absolute atomic E-state index is 0.0607. The van der Waals surface area contributed by atoms with Crippen molar-refractivity contribution in [2.45, 2.75) is 6.92 Å². The van der Waals surface area contributed by atoms with Gasteiger partial charge in [0.1, 0.15) is 11.5 Å². The van der Waals surface area contributed by atoms with Gasteiger partial charge in [-0.2, -0.15) is 0 Å². The zero-order valence-corrected chi connectivity index (χ0v) is 11.0. The fraction of sp³-hybridized carbons (Fsp3) is 0.0714. The molecule has 0 aromatic heterocycles. The highest BCUT2D eigenvalue weighted by atomic mass is 16.6. The van der Waals surface area contributed by atoms with Crippen LogP contribution >= 0.6 is 0 Å². The molecule has 0 aliphatic heterocycles. The number of benzene rings is 2. The van der Waals surface area contributed by atoms with Crippen molar-refractivity contribution < 1.29 is 19.9 Å². The number of anilines is 1. The number of nitro groups is 1. The number of hydrogen-bond acceptors (Lipinski definition) is 5. The molecule has 0 radical (unpaired) electrons. The van der Waals surface area contributed by atoms with Gasteiger partial charge in [-0.05, 0) is 25.1 Å². The molecule has 0 saturated heterocycles. The Bertz CT molecular complexity index is 727. The van der Waals surface area contributed by atoms with E-state index in [0.717, 1.165) is 0 Å². The van der Waals surface area contributed by atoms with E-state index in [0.29, 0.717) is 5.56 Å². The second kappa shape index (κ2) is 5.49. The van der Waals surface area contributed by atoms with Gasteiger partial charge in [-0.15, -0.1) is 0 Å². The number of nitrogens with zero attached hydrogens (tertiary/aromatic N) is 1. The zero-order chi connectivity index (χ0) is 15.6. The molecule has 0 aliphatic rings. The maximum atomic E-state index is 12.2. The fourth-order valence-corrected chi connectivity index (χ4v) is 1.86. The van der Waals surface area contributed by atoms with Gasteiger partial charge in [0, 0.05) is 17.2 Å². The summed E-state index contributed by atoms with van der Waals surface area (Å²) in [5.41, 5.74) is -0.197. The van der Waals surface area contributed by atoms with Crippen LogP contribution in [0.2, 0.25) is 0 Å². The van der Waals surface area contributed by atoms with Gasteiger partial charge in [-0.3, -0.25) is 14.9 Å². The zero-order valence-electron chi connectivity index (χ0n) is 11.0. The molecule has 21 heavy (non-hydrogen) atoms. The van der Waals surface area contributed by atoms with Crippen LogP contribution in [-0.2, 0) is 0 Å². The van der Waals surface area contributed by atoms with Crippen LogP contribution in [0.15, 0.2) is 36.4 Å². The largest absolute Gasteiger partial charge is 0.508 e. The van der Waals surface area contributed by atoms with E-state index in [2.05, 4.69) is 5.32 Å². The molecule has 0 bridgehead atoms.